The van der Waals surface area contributed by atoms with Gasteiger partial charge in [0.15, 0.2) is 0 Å². The summed E-state index contributed by atoms with van der Waals surface area (Å²) in [6.45, 7) is 4.40. The Morgan fingerprint density at radius 3 is 2.31 bits per heavy atom. The lowest BCUT2D eigenvalue weighted by molar-refractivity contribution is -0.140. The van der Waals surface area contributed by atoms with E-state index in [0.29, 0.717) is 37.4 Å². The normalized spacial score (nSPS) is 13.5. The molecular weight excluding hydrogens is 516 g/mol. The lowest BCUT2D eigenvalue weighted by atomic mass is 9.98. The Balaban J connectivity index is 0.00000420. The number of benzene rings is 3. The van der Waals surface area contributed by atoms with Gasteiger partial charge < -0.3 is 26.0 Å². The maximum absolute atomic E-state index is 13.6. The van der Waals surface area contributed by atoms with E-state index in [-0.39, 0.29) is 30.8 Å². The van der Waals surface area contributed by atoms with Crippen molar-refractivity contribution >= 4 is 35.8 Å². The Morgan fingerprint density at radius 2 is 1.64 bits per heavy atom. The van der Waals surface area contributed by atoms with Gasteiger partial charge in [0, 0.05) is 24.3 Å². The van der Waals surface area contributed by atoms with Gasteiger partial charge in [0.05, 0.1) is 18.8 Å². The first kappa shape index (κ1) is 29.8. The predicted molar refractivity (Wildman–Crippen MR) is 154 cm³/mol. The van der Waals surface area contributed by atoms with Crippen LogP contribution in [0.4, 0.5) is 5.69 Å². The number of nitrogens with one attached hydrogen (secondary N) is 2. The molecule has 0 saturated carbocycles. The first-order chi connectivity index (χ1) is 18.2. The smallest absolute Gasteiger partial charge is 0.255 e. The summed E-state index contributed by atoms with van der Waals surface area (Å²) in [5.41, 5.74) is 9.11. The van der Waals surface area contributed by atoms with Crippen molar-refractivity contribution in [1.82, 2.24) is 10.2 Å². The summed E-state index contributed by atoms with van der Waals surface area (Å²) >= 11 is 0. The van der Waals surface area contributed by atoms with Crippen molar-refractivity contribution in [2.45, 2.75) is 45.0 Å². The van der Waals surface area contributed by atoms with Crippen LogP contribution >= 0.6 is 12.4 Å². The van der Waals surface area contributed by atoms with E-state index in [2.05, 4.69) is 10.6 Å². The fourth-order valence-corrected chi connectivity index (χ4v) is 4.22. The van der Waals surface area contributed by atoms with Gasteiger partial charge in [0.1, 0.15) is 6.04 Å². The minimum atomic E-state index is -1.14. The van der Waals surface area contributed by atoms with Gasteiger partial charge in [-0.3, -0.25) is 14.4 Å². The highest BCUT2D eigenvalue weighted by atomic mass is 35.5. The summed E-state index contributed by atoms with van der Waals surface area (Å²) in [5, 5.41) is 5.71. The molecule has 3 aromatic rings. The molecule has 0 radical (unpaired) electrons. The number of hydrogen-bond donors (Lipinski definition) is 3. The van der Waals surface area contributed by atoms with Crippen LogP contribution in [0, 0.1) is 0 Å². The van der Waals surface area contributed by atoms with E-state index >= 15 is 0 Å². The second-order valence-corrected chi connectivity index (χ2v) is 10.1. The molecule has 9 heteroatoms. The lowest BCUT2D eigenvalue weighted by Gasteiger charge is -2.33. The van der Waals surface area contributed by atoms with Gasteiger partial charge in [-0.15, -0.1) is 12.4 Å². The second kappa shape index (κ2) is 13.4. The number of nitrogens with zero attached hydrogens (tertiary/aromatic N) is 1. The summed E-state index contributed by atoms with van der Waals surface area (Å²) in [4.78, 5) is 40.5. The Kier molecular flexibility index (Phi) is 10.2. The summed E-state index contributed by atoms with van der Waals surface area (Å²) in [6, 6.07) is 23.5. The SMILES string of the molecule is CC(C)(N)C(=O)NC(COCc1ccccc1)C(=O)N1CCc2ccc(NC(=O)c3ccccc3)cc2C1.Cl. The number of carbonyl (C=O) groups excluding carboxylic acids is 3. The molecule has 1 atom stereocenters. The fraction of sp³-hybridized carbons (Fsp3) is 0.300. The third kappa shape index (κ3) is 8.13. The monoisotopic (exact) mass is 550 g/mol. The number of carbonyl (C=O) groups is 3. The average molecular weight is 551 g/mol. The third-order valence-corrected chi connectivity index (χ3v) is 6.41. The van der Waals surface area contributed by atoms with Gasteiger partial charge in [-0.25, -0.2) is 0 Å². The van der Waals surface area contributed by atoms with Gasteiger partial charge in [-0.2, -0.15) is 0 Å². The minimum absolute atomic E-state index is 0. The number of hydrogen-bond acceptors (Lipinski definition) is 5. The van der Waals surface area contributed by atoms with E-state index in [1.165, 1.54) is 0 Å². The van der Waals surface area contributed by atoms with Crippen molar-refractivity contribution in [3.05, 3.63) is 101 Å². The molecule has 3 amide bonds. The van der Waals surface area contributed by atoms with Crippen LogP contribution in [0.2, 0.25) is 0 Å². The molecule has 3 aromatic carbocycles. The van der Waals surface area contributed by atoms with Crippen molar-refractivity contribution in [1.29, 1.82) is 0 Å². The molecular formula is C30H35ClN4O4. The second-order valence-electron chi connectivity index (χ2n) is 10.1. The Morgan fingerprint density at radius 1 is 0.974 bits per heavy atom. The number of ether oxygens (including phenoxy) is 1. The molecule has 1 unspecified atom stereocenters. The highest BCUT2D eigenvalue weighted by Crippen LogP contribution is 2.24. The summed E-state index contributed by atoms with van der Waals surface area (Å²) in [7, 11) is 0. The largest absolute Gasteiger partial charge is 0.374 e. The molecule has 1 aliphatic heterocycles. The standard InChI is InChI=1S/C30H34N4O4.ClH/c1-30(2,31)29(37)33-26(20-38-19-21-9-5-3-6-10-21)28(36)34-16-15-22-13-14-25(17-24(22)18-34)32-27(35)23-11-7-4-8-12-23;/h3-14,17,26H,15-16,18-20,31H2,1-2H3,(H,32,35)(H,33,37);1H. The van der Waals surface area contributed by atoms with E-state index < -0.39 is 17.5 Å². The molecule has 1 aliphatic rings. The van der Waals surface area contributed by atoms with Gasteiger partial charge in [-0.1, -0.05) is 54.6 Å². The Hall–Kier alpha value is -3.72. The molecule has 0 aliphatic carbocycles. The summed E-state index contributed by atoms with van der Waals surface area (Å²) in [6.07, 6.45) is 0.669. The van der Waals surface area contributed by atoms with Crippen molar-refractivity contribution in [3.8, 4) is 0 Å². The minimum Gasteiger partial charge on any atom is -0.374 e. The molecule has 206 valence electrons. The van der Waals surface area contributed by atoms with Crippen molar-refractivity contribution in [2.75, 3.05) is 18.5 Å². The zero-order valence-electron chi connectivity index (χ0n) is 22.2. The molecule has 0 aromatic heterocycles. The first-order valence-corrected chi connectivity index (χ1v) is 12.7. The molecule has 0 bridgehead atoms. The van der Waals surface area contributed by atoms with E-state index in [4.69, 9.17) is 10.5 Å². The van der Waals surface area contributed by atoms with E-state index in [0.717, 1.165) is 16.7 Å². The van der Waals surface area contributed by atoms with Crippen LogP contribution < -0.4 is 16.4 Å². The predicted octanol–water partition coefficient (Wildman–Crippen LogP) is 3.68. The van der Waals surface area contributed by atoms with Crippen LogP contribution in [0.3, 0.4) is 0 Å². The molecule has 0 saturated heterocycles. The van der Waals surface area contributed by atoms with Crippen LogP contribution in [0.15, 0.2) is 78.9 Å². The molecule has 4 N–H and O–H groups in total. The van der Waals surface area contributed by atoms with Gasteiger partial charge in [0.2, 0.25) is 11.8 Å². The van der Waals surface area contributed by atoms with E-state index in [9.17, 15) is 14.4 Å². The van der Waals surface area contributed by atoms with Crippen molar-refractivity contribution < 1.29 is 19.1 Å². The Bertz CT molecular complexity index is 1280. The van der Waals surface area contributed by atoms with Crippen LogP contribution in [0.5, 0.6) is 0 Å². The zero-order valence-corrected chi connectivity index (χ0v) is 23.0. The highest BCUT2D eigenvalue weighted by molar-refractivity contribution is 6.04. The van der Waals surface area contributed by atoms with E-state index in [1.807, 2.05) is 66.7 Å². The molecule has 0 spiro atoms. The fourth-order valence-electron chi connectivity index (χ4n) is 4.22. The highest BCUT2D eigenvalue weighted by Gasteiger charge is 2.32. The van der Waals surface area contributed by atoms with Gasteiger partial charge >= 0.3 is 0 Å². The van der Waals surface area contributed by atoms with Crippen LogP contribution in [0.1, 0.15) is 40.9 Å². The number of rotatable bonds is 9. The maximum Gasteiger partial charge on any atom is 0.255 e. The third-order valence-electron chi connectivity index (χ3n) is 6.41. The summed E-state index contributed by atoms with van der Waals surface area (Å²) in [5.74, 6) is -0.862. The van der Waals surface area contributed by atoms with Crippen LogP contribution in [-0.4, -0.2) is 47.4 Å². The Labute approximate surface area is 235 Å². The summed E-state index contributed by atoms with van der Waals surface area (Å²) < 4.78 is 5.83. The lowest BCUT2D eigenvalue weighted by Crippen LogP contribution is -2.58. The zero-order chi connectivity index (χ0) is 27.1. The number of nitrogens with two attached hydrogens (primary N) is 1. The number of fused-ring (bicyclic) bond motifs is 1. The van der Waals surface area contributed by atoms with Crippen LogP contribution in [0.25, 0.3) is 0 Å². The van der Waals surface area contributed by atoms with Crippen molar-refractivity contribution in [3.63, 3.8) is 0 Å². The van der Waals surface area contributed by atoms with Crippen LogP contribution in [-0.2, 0) is 33.9 Å². The molecule has 1 heterocycles. The van der Waals surface area contributed by atoms with Gasteiger partial charge in [0.25, 0.3) is 5.91 Å². The average Bonchev–Trinajstić information content (AvgIpc) is 2.92. The van der Waals surface area contributed by atoms with Gasteiger partial charge in [-0.05, 0) is 61.2 Å². The first-order valence-electron chi connectivity index (χ1n) is 12.7. The molecule has 8 nitrogen and oxygen atoms in total. The van der Waals surface area contributed by atoms with E-state index in [1.54, 1.807) is 30.9 Å². The number of halogens is 1. The molecule has 39 heavy (non-hydrogen) atoms. The molecule has 0 fully saturated rings. The molecule has 4 rings (SSSR count). The van der Waals surface area contributed by atoms with Crippen molar-refractivity contribution in [2.24, 2.45) is 5.73 Å². The maximum atomic E-state index is 13.6. The quantitative estimate of drug-likeness (QED) is 0.376. The topological polar surface area (TPSA) is 114 Å². The number of anilines is 1. The number of amides is 3.